The molecule has 0 aromatic heterocycles. The summed E-state index contributed by atoms with van der Waals surface area (Å²) in [6.07, 6.45) is 0. The first-order valence-corrected chi connectivity index (χ1v) is 7.10. The van der Waals surface area contributed by atoms with Crippen LogP contribution in [-0.2, 0) is 0 Å². The molecule has 1 atom stereocenters. The van der Waals surface area contributed by atoms with E-state index < -0.39 is 11.6 Å². The van der Waals surface area contributed by atoms with Crippen LogP contribution in [0.5, 0.6) is 0 Å². The lowest BCUT2D eigenvalue weighted by Crippen LogP contribution is -2.20. The third-order valence-electron chi connectivity index (χ3n) is 2.93. The number of hydrogen-bond acceptors (Lipinski definition) is 2. The van der Waals surface area contributed by atoms with E-state index in [1.165, 1.54) is 30.0 Å². The lowest BCUT2D eigenvalue weighted by molar-refractivity contribution is 0.544. The zero-order valence-electron chi connectivity index (χ0n) is 10.9. The van der Waals surface area contributed by atoms with Crippen LogP contribution in [0.4, 0.5) is 13.2 Å². The average molecular weight is 297 g/mol. The first kappa shape index (κ1) is 14.9. The highest BCUT2D eigenvalue weighted by molar-refractivity contribution is 7.99. The molecule has 2 aromatic carbocycles. The number of halogens is 3. The van der Waals surface area contributed by atoms with E-state index in [1.54, 1.807) is 25.2 Å². The van der Waals surface area contributed by atoms with E-state index in [1.807, 2.05) is 0 Å². The van der Waals surface area contributed by atoms with Crippen molar-refractivity contribution in [3.63, 3.8) is 0 Å². The Labute approximate surface area is 120 Å². The fraction of sp³-hybridized carbons (Fsp3) is 0.200. The minimum atomic E-state index is -0.608. The van der Waals surface area contributed by atoms with Gasteiger partial charge in [0.05, 0.1) is 0 Å². The van der Waals surface area contributed by atoms with Crippen LogP contribution in [-0.4, -0.2) is 12.8 Å². The lowest BCUT2D eigenvalue weighted by Gasteiger charge is -2.17. The van der Waals surface area contributed by atoms with Gasteiger partial charge in [-0.3, -0.25) is 0 Å². The fourth-order valence-electron chi connectivity index (χ4n) is 1.85. The number of benzene rings is 2. The molecule has 106 valence electrons. The molecule has 1 nitrogen and oxygen atoms in total. The largest absolute Gasteiger partial charge is 0.312 e. The Balaban J connectivity index is 2.11. The second-order valence-electron chi connectivity index (χ2n) is 4.25. The van der Waals surface area contributed by atoms with Crippen molar-refractivity contribution in [1.29, 1.82) is 0 Å². The third kappa shape index (κ3) is 3.55. The van der Waals surface area contributed by atoms with Crippen molar-refractivity contribution in [1.82, 2.24) is 5.32 Å². The summed E-state index contributed by atoms with van der Waals surface area (Å²) >= 11 is 1.29. The van der Waals surface area contributed by atoms with E-state index in [4.69, 9.17) is 0 Å². The van der Waals surface area contributed by atoms with Crippen LogP contribution < -0.4 is 5.32 Å². The van der Waals surface area contributed by atoms with E-state index in [9.17, 15) is 13.2 Å². The van der Waals surface area contributed by atoms with Gasteiger partial charge in [0.1, 0.15) is 17.5 Å². The molecular weight excluding hydrogens is 283 g/mol. The minimum Gasteiger partial charge on any atom is -0.312 e. The number of hydrogen-bond donors (Lipinski definition) is 1. The molecule has 0 bridgehead atoms. The number of thioether (sulfide) groups is 1. The Bertz CT molecular complexity index is 589. The van der Waals surface area contributed by atoms with Crippen LogP contribution in [0.3, 0.4) is 0 Å². The van der Waals surface area contributed by atoms with Crippen molar-refractivity contribution in [2.24, 2.45) is 0 Å². The summed E-state index contributed by atoms with van der Waals surface area (Å²) in [5.41, 5.74) is 0.373. The van der Waals surface area contributed by atoms with Gasteiger partial charge in [-0.05, 0) is 25.2 Å². The highest BCUT2D eigenvalue weighted by Crippen LogP contribution is 2.27. The Kier molecular flexibility index (Phi) is 5.09. The van der Waals surface area contributed by atoms with Crippen LogP contribution in [0.1, 0.15) is 11.6 Å². The van der Waals surface area contributed by atoms with Crippen LogP contribution in [0, 0.1) is 17.5 Å². The lowest BCUT2D eigenvalue weighted by atomic mass is 10.1. The maximum Gasteiger partial charge on any atom is 0.136 e. The van der Waals surface area contributed by atoms with Crippen LogP contribution in [0.2, 0.25) is 0 Å². The molecule has 5 heteroatoms. The van der Waals surface area contributed by atoms with Crippen LogP contribution in [0.15, 0.2) is 47.4 Å². The van der Waals surface area contributed by atoms with Crippen LogP contribution >= 0.6 is 11.8 Å². The number of rotatable bonds is 5. The molecule has 1 unspecified atom stereocenters. The van der Waals surface area contributed by atoms with Gasteiger partial charge in [-0.25, -0.2) is 13.2 Å². The molecule has 2 rings (SSSR count). The molecule has 0 aliphatic heterocycles. The quantitative estimate of drug-likeness (QED) is 0.832. The van der Waals surface area contributed by atoms with Crippen molar-refractivity contribution >= 4 is 11.8 Å². The standard InChI is InChI=1S/C15H14F3NS/c1-19-14(11-7-6-10(16)8-13(11)18)9-20-15-5-3-2-4-12(15)17/h2-8,14,19H,9H2,1H3. The summed E-state index contributed by atoms with van der Waals surface area (Å²) in [7, 11) is 1.69. The van der Waals surface area contributed by atoms with E-state index >= 15 is 0 Å². The summed E-state index contributed by atoms with van der Waals surface area (Å²) in [5, 5.41) is 2.96. The predicted octanol–water partition coefficient (Wildman–Crippen LogP) is 4.16. The van der Waals surface area contributed by atoms with Gasteiger partial charge in [-0.1, -0.05) is 18.2 Å². The van der Waals surface area contributed by atoms with Crippen molar-refractivity contribution in [3.05, 3.63) is 65.5 Å². The highest BCUT2D eigenvalue weighted by Gasteiger charge is 2.15. The Morgan fingerprint density at radius 1 is 1.05 bits per heavy atom. The molecule has 1 N–H and O–H groups in total. The maximum atomic E-state index is 13.7. The van der Waals surface area contributed by atoms with E-state index in [0.717, 1.165) is 6.07 Å². The molecule has 0 amide bonds. The zero-order valence-corrected chi connectivity index (χ0v) is 11.7. The zero-order chi connectivity index (χ0) is 14.5. The van der Waals surface area contributed by atoms with Gasteiger partial charge in [0.2, 0.25) is 0 Å². The van der Waals surface area contributed by atoms with Gasteiger partial charge in [-0.15, -0.1) is 11.8 Å². The highest BCUT2D eigenvalue weighted by atomic mass is 32.2. The molecule has 0 radical (unpaired) electrons. The van der Waals surface area contributed by atoms with Gasteiger partial charge in [0.25, 0.3) is 0 Å². The molecule has 0 saturated carbocycles. The van der Waals surface area contributed by atoms with E-state index in [-0.39, 0.29) is 11.9 Å². The normalized spacial score (nSPS) is 12.4. The van der Waals surface area contributed by atoms with Gasteiger partial charge in [-0.2, -0.15) is 0 Å². The van der Waals surface area contributed by atoms with Gasteiger partial charge < -0.3 is 5.32 Å². The second kappa shape index (κ2) is 6.81. The van der Waals surface area contributed by atoms with Gasteiger partial charge in [0.15, 0.2) is 0 Å². The Morgan fingerprint density at radius 3 is 2.45 bits per heavy atom. The monoisotopic (exact) mass is 297 g/mol. The summed E-state index contributed by atoms with van der Waals surface area (Å²) in [4.78, 5) is 0.510. The fourth-order valence-corrected chi connectivity index (χ4v) is 2.92. The van der Waals surface area contributed by atoms with E-state index in [2.05, 4.69) is 5.32 Å². The molecule has 0 spiro atoms. The SMILES string of the molecule is CNC(CSc1ccccc1F)c1ccc(F)cc1F. The predicted molar refractivity (Wildman–Crippen MR) is 75.3 cm³/mol. The maximum absolute atomic E-state index is 13.7. The van der Waals surface area contributed by atoms with Crippen molar-refractivity contribution in [2.75, 3.05) is 12.8 Å². The number of nitrogens with one attached hydrogen (secondary N) is 1. The summed E-state index contributed by atoms with van der Waals surface area (Å²) in [6.45, 7) is 0. The molecule has 0 fully saturated rings. The first-order valence-electron chi connectivity index (χ1n) is 6.11. The molecule has 0 aliphatic carbocycles. The van der Waals surface area contributed by atoms with Gasteiger partial charge >= 0.3 is 0 Å². The molecule has 2 aromatic rings. The van der Waals surface area contributed by atoms with Crippen LogP contribution in [0.25, 0.3) is 0 Å². The van der Waals surface area contributed by atoms with E-state index in [0.29, 0.717) is 16.2 Å². The molecule has 0 aliphatic rings. The van der Waals surface area contributed by atoms with Crippen molar-refractivity contribution < 1.29 is 13.2 Å². The Morgan fingerprint density at radius 2 is 1.80 bits per heavy atom. The van der Waals surface area contributed by atoms with Crippen molar-refractivity contribution in [3.8, 4) is 0 Å². The second-order valence-corrected chi connectivity index (χ2v) is 5.31. The Hall–Kier alpha value is -1.46. The van der Waals surface area contributed by atoms with Gasteiger partial charge in [0, 0.05) is 28.3 Å². The van der Waals surface area contributed by atoms with Crippen molar-refractivity contribution in [2.45, 2.75) is 10.9 Å². The summed E-state index contributed by atoms with van der Waals surface area (Å²) < 4.78 is 40.1. The first-order chi connectivity index (χ1) is 9.61. The topological polar surface area (TPSA) is 12.0 Å². The third-order valence-corrected chi connectivity index (χ3v) is 4.07. The smallest absolute Gasteiger partial charge is 0.136 e. The average Bonchev–Trinajstić information content (AvgIpc) is 2.43. The molecule has 20 heavy (non-hydrogen) atoms. The summed E-state index contributed by atoms with van der Waals surface area (Å²) in [5.74, 6) is -1.06. The molecule has 0 saturated heterocycles. The molecule has 0 heterocycles. The molecular formula is C15H14F3NS. The minimum absolute atomic E-state index is 0.299. The summed E-state index contributed by atoms with van der Waals surface area (Å²) in [6, 6.07) is 9.59.